The van der Waals surface area contributed by atoms with Crippen molar-refractivity contribution >= 4 is 17.3 Å². The Hall–Kier alpha value is -2.76. The Morgan fingerprint density at radius 3 is 2.70 bits per heavy atom. The molecule has 6 heteroatoms. The average molecular weight is 313 g/mol. The van der Waals surface area contributed by atoms with Gasteiger partial charge in [-0.25, -0.2) is 4.98 Å². The van der Waals surface area contributed by atoms with Crippen molar-refractivity contribution in [2.45, 2.75) is 13.8 Å². The third kappa shape index (κ3) is 3.71. The van der Waals surface area contributed by atoms with Crippen LogP contribution in [0.15, 0.2) is 36.5 Å². The number of fused-ring (bicyclic) bond motifs is 1. The first-order valence-electron chi connectivity index (χ1n) is 7.53. The normalized spacial score (nSPS) is 12.3. The topological polar surface area (TPSA) is 72.5 Å². The van der Waals surface area contributed by atoms with Crippen LogP contribution >= 0.6 is 0 Å². The molecule has 0 fully saturated rings. The Balaban J connectivity index is 1.64. The van der Waals surface area contributed by atoms with Gasteiger partial charge < -0.3 is 20.1 Å². The molecule has 2 heterocycles. The van der Waals surface area contributed by atoms with E-state index in [1.54, 1.807) is 30.5 Å². The summed E-state index contributed by atoms with van der Waals surface area (Å²) in [6.07, 6.45) is 1.66. The van der Waals surface area contributed by atoms with Crippen molar-refractivity contribution in [2.75, 3.05) is 24.0 Å². The maximum Gasteiger partial charge on any atom is 0.274 e. The molecule has 0 spiro atoms. The van der Waals surface area contributed by atoms with Gasteiger partial charge in [-0.1, -0.05) is 13.8 Å². The van der Waals surface area contributed by atoms with Crippen LogP contribution in [0.3, 0.4) is 0 Å². The van der Waals surface area contributed by atoms with E-state index in [0.717, 1.165) is 12.2 Å². The molecular formula is C17H19N3O3. The van der Waals surface area contributed by atoms with Crippen molar-refractivity contribution in [1.29, 1.82) is 0 Å². The van der Waals surface area contributed by atoms with Crippen LogP contribution < -0.4 is 20.1 Å². The molecule has 120 valence electrons. The lowest BCUT2D eigenvalue weighted by Gasteiger charge is -2.09. The first-order chi connectivity index (χ1) is 11.1. The molecular weight excluding hydrogens is 294 g/mol. The molecule has 23 heavy (non-hydrogen) atoms. The summed E-state index contributed by atoms with van der Waals surface area (Å²) in [5.41, 5.74) is 1.90. The number of benzene rings is 1. The van der Waals surface area contributed by atoms with E-state index in [4.69, 9.17) is 9.47 Å². The van der Waals surface area contributed by atoms with Crippen LogP contribution in [-0.4, -0.2) is 24.2 Å². The number of pyridine rings is 1. The van der Waals surface area contributed by atoms with Gasteiger partial charge in [0.25, 0.3) is 5.91 Å². The summed E-state index contributed by atoms with van der Waals surface area (Å²) in [5.74, 6) is 1.59. The molecule has 1 aliphatic rings. The summed E-state index contributed by atoms with van der Waals surface area (Å²) >= 11 is 0. The lowest BCUT2D eigenvalue weighted by molar-refractivity contribution is 0.102. The van der Waals surface area contributed by atoms with Gasteiger partial charge in [0, 0.05) is 18.3 Å². The number of hydrogen-bond donors (Lipinski definition) is 2. The highest BCUT2D eigenvalue weighted by atomic mass is 16.7. The van der Waals surface area contributed by atoms with Crippen LogP contribution in [0.2, 0.25) is 0 Å². The zero-order chi connectivity index (χ0) is 16.2. The second kappa shape index (κ2) is 6.56. The van der Waals surface area contributed by atoms with Crippen LogP contribution in [0, 0.1) is 5.92 Å². The van der Waals surface area contributed by atoms with E-state index in [2.05, 4.69) is 29.5 Å². The van der Waals surface area contributed by atoms with E-state index in [1.807, 2.05) is 6.07 Å². The van der Waals surface area contributed by atoms with Crippen molar-refractivity contribution < 1.29 is 14.3 Å². The Kier molecular flexibility index (Phi) is 4.32. The van der Waals surface area contributed by atoms with Gasteiger partial charge in [-0.2, -0.15) is 0 Å². The van der Waals surface area contributed by atoms with Gasteiger partial charge in [-0.05, 0) is 30.2 Å². The van der Waals surface area contributed by atoms with Crippen molar-refractivity contribution in [2.24, 2.45) is 5.92 Å². The summed E-state index contributed by atoms with van der Waals surface area (Å²) in [7, 11) is 0. The number of carbonyl (C=O) groups is 1. The quantitative estimate of drug-likeness (QED) is 0.887. The SMILES string of the molecule is CC(C)CNc1ccc(C(=O)Nc2ccc3c(c2)OCO3)nc1. The molecule has 0 saturated heterocycles. The van der Waals surface area contributed by atoms with Crippen molar-refractivity contribution in [1.82, 2.24) is 4.98 Å². The average Bonchev–Trinajstić information content (AvgIpc) is 3.01. The Bertz CT molecular complexity index is 699. The minimum absolute atomic E-state index is 0.207. The highest BCUT2D eigenvalue weighted by Gasteiger charge is 2.15. The van der Waals surface area contributed by atoms with E-state index in [0.29, 0.717) is 28.8 Å². The van der Waals surface area contributed by atoms with Crippen LogP contribution in [0.1, 0.15) is 24.3 Å². The van der Waals surface area contributed by atoms with Gasteiger partial charge in [-0.15, -0.1) is 0 Å². The van der Waals surface area contributed by atoms with Gasteiger partial charge in [0.1, 0.15) is 5.69 Å². The summed E-state index contributed by atoms with van der Waals surface area (Å²) in [4.78, 5) is 16.4. The monoisotopic (exact) mass is 313 g/mol. The van der Waals surface area contributed by atoms with Gasteiger partial charge in [0.05, 0.1) is 11.9 Å². The standard InChI is InChI=1S/C17H19N3O3/c1-11(2)8-18-13-3-5-14(19-9-13)17(21)20-12-4-6-15-16(7-12)23-10-22-15/h3-7,9,11,18H,8,10H2,1-2H3,(H,20,21). The predicted octanol–water partition coefficient (Wildman–Crippen LogP) is 3.13. The number of aromatic nitrogens is 1. The first kappa shape index (κ1) is 15.1. The third-order valence-corrected chi connectivity index (χ3v) is 3.34. The Morgan fingerprint density at radius 1 is 1.17 bits per heavy atom. The number of ether oxygens (including phenoxy) is 2. The lowest BCUT2D eigenvalue weighted by Crippen LogP contribution is -2.14. The van der Waals surface area contributed by atoms with E-state index in [-0.39, 0.29) is 12.7 Å². The summed E-state index contributed by atoms with van der Waals surface area (Å²) < 4.78 is 10.5. The molecule has 1 aromatic carbocycles. The lowest BCUT2D eigenvalue weighted by atomic mass is 10.2. The van der Waals surface area contributed by atoms with Crippen LogP contribution in [0.4, 0.5) is 11.4 Å². The molecule has 1 amide bonds. The maximum absolute atomic E-state index is 12.2. The Morgan fingerprint density at radius 2 is 1.96 bits per heavy atom. The highest BCUT2D eigenvalue weighted by Crippen LogP contribution is 2.34. The third-order valence-electron chi connectivity index (χ3n) is 3.34. The van der Waals surface area contributed by atoms with Crippen LogP contribution in [0.25, 0.3) is 0 Å². The second-order valence-electron chi connectivity index (χ2n) is 5.73. The van der Waals surface area contributed by atoms with E-state index in [1.165, 1.54) is 0 Å². The van der Waals surface area contributed by atoms with Gasteiger partial charge in [0.2, 0.25) is 6.79 Å². The molecule has 2 aromatic rings. The van der Waals surface area contributed by atoms with Gasteiger partial charge in [0.15, 0.2) is 11.5 Å². The van der Waals surface area contributed by atoms with Crippen LogP contribution in [-0.2, 0) is 0 Å². The predicted molar refractivity (Wildman–Crippen MR) is 88.1 cm³/mol. The molecule has 0 atom stereocenters. The number of hydrogen-bond acceptors (Lipinski definition) is 5. The van der Waals surface area contributed by atoms with Crippen molar-refractivity contribution in [3.8, 4) is 11.5 Å². The number of nitrogens with zero attached hydrogens (tertiary/aromatic N) is 1. The van der Waals surface area contributed by atoms with Crippen LogP contribution in [0.5, 0.6) is 11.5 Å². The molecule has 6 nitrogen and oxygen atoms in total. The summed E-state index contributed by atoms with van der Waals surface area (Å²) in [6, 6.07) is 8.82. The smallest absolute Gasteiger partial charge is 0.274 e. The molecule has 0 saturated carbocycles. The molecule has 0 bridgehead atoms. The summed E-state index contributed by atoms with van der Waals surface area (Å²) in [6.45, 7) is 5.34. The number of nitrogens with one attached hydrogen (secondary N) is 2. The van der Waals surface area contributed by atoms with E-state index in [9.17, 15) is 4.79 Å². The highest BCUT2D eigenvalue weighted by molar-refractivity contribution is 6.03. The Labute approximate surface area is 134 Å². The molecule has 1 aromatic heterocycles. The molecule has 1 aliphatic heterocycles. The molecule has 2 N–H and O–H groups in total. The first-order valence-corrected chi connectivity index (χ1v) is 7.53. The molecule has 0 unspecified atom stereocenters. The van der Waals surface area contributed by atoms with Gasteiger partial charge >= 0.3 is 0 Å². The van der Waals surface area contributed by atoms with E-state index >= 15 is 0 Å². The van der Waals surface area contributed by atoms with Crippen molar-refractivity contribution in [3.63, 3.8) is 0 Å². The largest absolute Gasteiger partial charge is 0.454 e. The molecule has 3 rings (SSSR count). The fourth-order valence-electron chi connectivity index (χ4n) is 2.12. The summed E-state index contributed by atoms with van der Waals surface area (Å²) in [5, 5.41) is 6.06. The molecule has 0 aliphatic carbocycles. The van der Waals surface area contributed by atoms with Crippen molar-refractivity contribution in [3.05, 3.63) is 42.2 Å². The number of rotatable bonds is 5. The second-order valence-corrected chi connectivity index (χ2v) is 5.73. The zero-order valence-corrected chi connectivity index (χ0v) is 13.1. The fraction of sp³-hybridized carbons (Fsp3) is 0.294. The molecule has 0 radical (unpaired) electrons. The number of amides is 1. The number of carbonyl (C=O) groups excluding carboxylic acids is 1. The zero-order valence-electron chi connectivity index (χ0n) is 13.1. The minimum atomic E-state index is -0.265. The maximum atomic E-state index is 12.2. The number of anilines is 2. The fourth-order valence-corrected chi connectivity index (χ4v) is 2.12. The van der Waals surface area contributed by atoms with Gasteiger partial charge in [-0.3, -0.25) is 4.79 Å². The van der Waals surface area contributed by atoms with E-state index < -0.39 is 0 Å². The minimum Gasteiger partial charge on any atom is -0.454 e.